The molecule has 0 aromatic carbocycles. The van der Waals surface area contributed by atoms with Crippen LogP contribution in [0.3, 0.4) is 0 Å². The SMILES string of the molecule is C1NCC(CCC2CC2)N1. The summed E-state index contributed by atoms with van der Waals surface area (Å²) < 4.78 is 0. The van der Waals surface area contributed by atoms with E-state index < -0.39 is 0 Å². The minimum absolute atomic E-state index is 0.778. The highest BCUT2D eigenvalue weighted by molar-refractivity contribution is 4.80. The van der Waals surface area contributed by atoms with Gasteiger partial charge in [0.2, 0.25) is 0 Å². The molecule has 1 saturated heterocycles. The largest absolute Gasteiger partial charge is 0.303 e. The third kappa shape index (κ3) is 1.70. The lowest BCUT2D eigenvalue weighted by Gasteiger charge is -2.06. The van der Waals surface area contributed by atoms with Gasteiger partial charge in [-0.15, -0.1) is 0 Å². The minimum atomic E-state index is 0.778. The molecule has 58 valence electrons. The van der Waals surface area contributed by atoms with Gasteiger partial charge in [-0.1, -0.05) is 12.8 Å². The maximum Gasteiger partial charge on any atom is 0.0457 e. The summed E-state index contributed by atoms with van der Waals surface area (Å²) in [6, 6.07) is 0.778. The topological polar surface area (TPSA) is 24.1 Å². The second kappa shape index (κ2) is 2.89. The number of hydrogen-bond donors (Lipinski definition) is 2. The van der Waals surface area contributed by atoms with Crippen LogP contribution in [0.4, 0.5) is 0 Å². The Kier molecular flexibility index (Phi) is 1.91. The molecule has 2 rings (SSSR count). The second-order valence-electron chi connectivity index (χ2n) is 3.55. The van der Waals surface area contributed by atoms with Crippen LogP contribution in [0, 0.1) is 5.92 Å². The fraction of sp³-hybridized carbons (Fsp3) is 1.00. The Morgan fingerprint density at radius 3 is 2.70 bits per heavy atom. The van der Waals surface area contributed by atoms with Crippen molar-refractivity contribution in [3.63, 3.8) is 0 Å². The molecule has 1 unspecified atom stereocenters. The molecule has 0 aromatic heterocycles. The third-order valence-electron chi connectivity index (χ3n) is 2.53. The van der Waals surface area contributed by atoms with Crippen LogP contribution in [0.2, 0.25) is 0 Å². The van der Waals surface area contributed by atoms with Gasteiger partial charge in [-0.3, -0.25) is 0 Å². The van der Waals surface area contributed by atoms with Crippen molar-refractivity contribution in [1.82, 2.24) is 10.6 Å². The Labute approximate surface area is 62.4 Å². The highest BCUT2D eigenvalue weighted by Gasteiger charge is 2.23. The lowest BCUT2D eigenvalue weighted by Crippen LogP contribution is -2.23. The van der Waals surface area contributed by atoms with Crippen molar-refractivity contribution in [2.45, 2.75) is 31.7 Å². The van der Waals surface area contributed by atoms with Gasteiger partial charge in [-0.05, 0) is 18.8 Å². The average Bonchev–Trinajstić information content (AvgIpc) is 2.63. The van der Waals surface area contributed by atoms with E-state index >= 15 is 0 Å². The van der Waals surface area contributed by atoms with Crippen molar-refractivity contribution in [1.29, 1.82) is 0 Å². The lowest BCUT2D eigenvalue weighted by molar-refractivity contribution is 0.532. The molecule has 1 saturated carbocycles. The van der Waals surface area contributed by atoms with E-state index in [2.05, 4.69) is 10.6 Å². The number of rotatable bonds is 3. The second-order valence-corrected chi connectivity index (χ2v) is 3.55. The van der Waals surface area contributed by atoms with Crippen molar-refractivity contribution in [3.05, 3.63) is 0 Å². The Hall–Kier alpha value is -0.0800. The molecule has 0 bridgehead atoms. The first-order chi connectivity index (χ1) is 4.95. The van der Waals surface area contributed by atoms with Crippen LogP contribution in [0.15, 0.2) is 0 Å². The summed E-state index contributed by atoms with van der Waals surface area (Å²) in [5, 5.41) is 6.73. The number of hydrogen-bond acceptors (Lipinski definition) is 2. The lowest BCUT2D eigenvalue weighted by atomic mass is 10.1. The Bertz CT molecular complexity index is 104. The van der Waals surface area contributed by atoms with Crippen molar-refractivity contribution in [2.24, 2.45) is 5.92 Å². The molecular formula is C8H16N2. The van der Waals surface area contributed by atoms with Crippen LogP contribution in [0.5, 0.6) is 0 Å². The maximum atomic E-state index is 3.43. The summed E-state index contributed by atoms with van der Waals surface area (Å²) >= 11 is 0. The molecule has 1 atom stereocenters. The van der Waals surface area contributed by atoms with Crippen LogP contribution >= 0.6 is 0 Å². The van der Waals surface area contributed by atoms with E-state index in [9.17, 15) is 0 Å². The summed E-state index contributed by atoms with van der Waals surface area (Å²) in [7, 11) is 0. The zero-order valence-electron chi connectivity index (χ0n) is 6.40. The molecule has 1 aliphatic carbocycles. The maximum absolute atomic E-state index is 3.43. The molecule has 1 aliphatic heterocycles. The van der Waals surface area contributed by atoms with Gasteiger partial charge in [-0.25, -0.2) is 0 Å². The van der Waals surface area contributed by atoms with Crippen LogP contribution in [0.25, 0.3) is 0 Å². The van der Waals surface area contributed by atoms with Crippen molar-refractivity contribution >= 4 is 0 Å². The molecule has 10 heavy (non-hydrogen) atoms. The van der Waals surface area contributed by atoms with E-state index in [0.717, 1.165) is 18.6 Å². The average molecular weight is 140 g/mol. The van der Waals surface area contributed by atoms with Gasteiger partial charge in [0.15, 0.2) is 0 Å². The summed E-state index contributed by atoms with van der Waals surface area (Å²) in [5.41, 5.74) is 0. The van der Waals surface area contributed by atoms with E-state index in [4.69, 9.17) is 0 Å². The van der Waals surface area contributed by atoms with Crippen molar-refractivity contribution < 1.29 is 0 Å². The zero-order chi connectivity index (χ0) is 6.81. The van der Waals surface area contributed by atoms with Gasteiger partial charge < -0.3 is 10.6 Å². The fourth-order valence-electron chi connectivity index (χ4n) is 1.58. The predicted octanol–water partition coefficient (Wildman–Crippen LogP) is 0.695. The summed E-state index contributed by atoms with van der Waals surface area (Å²) in [5.74, 6) is 1.10. The molecule has 0 spiro atoms. The molecule has 0 radical (unpaired) electrons. The van der Waals surface area contributed by atoms with Gasteiger partial charge in [-0.2, -0.15) is 0 Å². The van der Waals surface area contributed by atoms with Gasteiger partial charge in [0.1, 0.15) is 0 Å². The molecule has 2 nitrogen and oxygen atoms in total. The molecule has 0 amide bonds. The minimum Gasteiger partial charge on any atom is -0.303 e. The summed E-state index contributed by atoms with van der Waals surface area (Å²) in [4.78, 5) is 0. The third-order valence-corrected chi connectivity index (χ3v) is 2.53. The van der Waals surface area contributed by atoms with Gasteiger partial charge in [0, 0.05) is 19.3 Å². The highest BCUT2D eigenvalue weighted by Crippen LogP contribution is 2.33. The molecule has 2 aliphatic rings. The van der Waals surface area contributed by atoms with Crippen LogP contribution in [-0.2, 0) is 0 Å². The van der Waals surface area contributed by atoms with Crippen LogP contribution in [-0.4, -0.2) is 19.3 Å². The summed E-state index contributed by atoms with van der Waals surface area (Å²) in [6.07, 6.45) is 5.84. The Morgan fingerprint density at radius 1 is 1.20 bits per heavy atom. The smallest absolute Gasteiger partial charge is 0.0457 e. The van der Waals surface area contributed by atoms with Gasteiger partial charge in [0.05, 0.1) is 0 Å². The first-order valence-electron chi connectivity index (χ1n) is 4.39. The fourth-order valence-corrected chi connectivity index (χ4v) is 1.58. The molecule has 2 fully saturated rings. The molecule has 1 heterocycles. The van der Waals surface area contributed by atoms with Crippen LogP contribution in [0.1, 0.15) is 25.7 Å². The van der Waals surface area contributed by atoms with Gasteiger partial charge >= 0.3 is 0 Å². The van der Waals surface area contributed by atoms with Gasteiger partial charge in [0.25, 0.3) is 0 Å². The van der Waals surface area contributed by atoms with E-state index in [-0.39, 0.29) is 0 Å². The molecule has 0 aromatic rings. The normalized spacial score (nSPS) is 33.0. The van der Waals surface area contributed by atoms with E-state index in [1.807, 2.05) is 0 Å². The number of nitrogens with one attached hydrogen (secondary N) is 2. The van der Waals surface area contributed by atoms with Crippen molar-refractivity contribution in [3.8, 4) is 0 Å². The monoisotopic (exact) mass is 140 g/mol. The van der Waals surface area contributed by atoms with E-state index in [1.165, 1.54) is 32.2 Å². The predicted molar refractivity (Wildman–Crippen MR) is 41.8 cm³/mol. The first kappa shape index (κ1) is 6.62. The van der Waals surface area contributed by atoms with Crippen molar-refractivity contribution in [2.75, 3.05) is 13.2 Å². The molecule has 2 heteroatoms. The Morgan fingerprint density at radius 2 is 2.10 bits per heavy atom. The quantitative estimate of drug-likeness (QED) is 0.603. The zero-order valence-corrected chi connectivity index (χ0v) is 6.40. The van der Waals surface area contributed by atoms with E-state index in [1.54, 1.807) is 0 Å². The molecular weight excluding hydrogens is 124 g/mol. The Balaban J connectivity index is 1.59. The molecule has 2 N–H and O–H groups in total. The summed E-state index contributed by atoms with van der Waals surface area (Å²) in [6.45, 7) is 2.21. The van der Waals surface area contributed by atoms with E-state index in [0.29, 0.717) is 0 Å². The first-order valence-corrected chi connectivity index (χ1v) is 4.39. The highest BCUT2D eigenvalue weighted by atomic mass is 15.2. The van der Waals surface area contributed by atoms with Crippen LogP contribution < -0.4 is 10.6 Å². The standard InChI is InChI=1S/C8H16N2/c1-2-7(1)3-4-8-5-9-6-10-8/h7-10H,1-6H2.